The zero-order valence-corrected chi connectivity index (χ0v) is 17.1. The van der Waals surface area contributed by atoms with Gasteiger partial charge in [0.15, 0.2) is 5.84 Å². The summed E-state index contributed by atoms with van der Waals surface area (Å²) in [6.45, 7) is 5.30. The van der Waals surface area contributed by atoms with E-state index in [1.165, 1.54) is 11.3 Å². The Morgan fingerprint density at radius 3 is 2.37 bits per heavy atom. The SMILES string of the molecule is CCc1ccc(Oc2ncccc2/C(=N/O)N2CCN(c3ccccc3)CC2)cc1. The summed E-state index contributed by atoms with van der Waals surface area (Å²) in [4.78, 5) is 8.80. The molecule has 0 radical (unpaired) electrons. The molecule has 6 nitrogen and oxygen atoms in total. The number of aromatic nitrogens is 1. The van der Waals surface area contributed by atoms with Crippen LogP contribution in [0.3, 0.4) is 0 Å². The van der Waals surface area contributed by atoms with Crippen molar-refractivity contribution >= 4 is 11.5 Å². The van der Waals surface area contributed by atoms with Gasteiger partial charge in [0.25, 0.3) is 0 Å². The normalized spacial score (nSPS) is 14.6. The van der Waals surface area contributed by atoms with Gasteiger partial charge in [-0.25, -0.2) is 4.98 Å². The van der Waals surface area contributed by atoms with E-state index in [1.807, 2.05) is 42.5 Å². The van der Waals surface area contributed by atoms with E-state index in [4.69, 9.17) is 4.74 Å². The Kier molecular flexibility index (Phi) is 6.13. The molecule has 0 saturated carbocycles. The molecule has 1 fully saturated rings. The lowest BCUT2D eigenvalue weighted by molar-refractivity contribution is 0.295. The molecule has 1 aliphatic heterocycles. The minimum absolute atomic E-state index is 0.431. The van der Waals surface area contributed by atoms with Crippen molar-refractivity contribution < 1.29 is 9.94 Å². The van der Waals surface area contributed by atoms with Gasteiger partial charge in [-0.1, -0.05) is 42.4 Å². The maximum Gasteiger partial charge on any atom is 0.230 e. The van der Waals surface area contributed by atoms with Crippen LogP contribution in [0.4, 0.5) is 5.69 Å². The van der Waals surface area contributed by atoms with Gasteiger partial charge in [0.2, 0.25) is 5.88 Å². The highest BCUT2D eigenvalue weighted by Gasteiger charge is 2.24. The Morgan fingerprint density at radius 2 is 1.70 bits per heavy atom. The van der Waals surface area contributed by atoms with Gasteiger partial charge in [0, 0.05) is 38.1 Å². The second-order valence-electron chi connectivity index (χ2n) is 7.19. The molecular weight excluding hydrogens is 376 g/mol. The van der Waals surface area contributed by atoms with Crippen molar-refractivity contribution in [2.24, 2.45) is 5.16 Å². The van der Waals surface area contributed by atoms with Crippen LogP contribution in [-0.2, 0) is 6.42 Å². The average molecular weight is 402 g/mol. The Hall–Kier alpha value is -3.54. The van der Waals surface area contributed by atoms with Gasteiger partial charge in [-0.15, -0.1) is 0 Å². The van der Waals surface area contributed by atoms with Gasteiger partial charge in [-0.3, -0.25) is 0 Å². The number of nitrogens with zero attached hydrogens (tertiary/aromatic N) is 4. The lowest BCUT2D eigenvalue weighted by Crippen LogP contribution is -2.49. The highest BCUT2D eigenvalue weighted by atomic mass is 16.5. The first-order chi connectivity index (χ1) is 14.8. The van der Waals surface area contributed by atoms with Crippen molar-refractivity contribution in [3.8, 4) is 11.6 Å². The van der Waals surface area contributed by atoms with Gasteiger partial charge >= 0.3 is 0 Å². The smallest absolute Gasteiger partial charge is 0.230 e. The van der Waals surface area contributed by atoms with E-state index < -0.39 is 0 Å². The van der Waals surface area contributed by atoms with Crippen molar-refractivity contribution in [3.05, 3.63) is 84.1 Å². The number of hydrogen-bond donors (Lipinski definition) is 1. The quantitative estimate of drug-likeness (QED) is 0.297. The summed E-state index contributed by atoms with van der Waals surface area (Å²) >= 11 is 0. The van der Waals surface area contributed by atoms with Crippen molar-refractivity contribution in [1.82, 2.24) is 9.88 Å². The fourth-order valence-corrected chi connectivity index (χ4v) is 3.65. The minimum atomic E-state index is 0.431. The molecule has 0 aliphatic carbocycles. The fourth-order valence-electron chi connectivity index (χ4n) is 3.65. The third-order valence-electron chi connectivity index (χ3n) is 5.35. The molecule has 30 heavy (non-hydrogen) atoms. The van der Waals surface area contributed by atoms with Crippen LogP contribution in [0.5, 0.6) is 11.6 Å². The number of anilines is 1. The molecule has 1 saturated heterocycles. The highest BCUT2D eigenvalue weighted by Crippen LogP contribution is 2.26. The Bertz CT molecular complexity index is 982. The summed E-state index contributed by atoms with van der Waals surface area (Å²) in [6.07, 6.45) is 2.66. The van der Waals surface area contributed by atoms with E-state index in [2.05, 4.69) is 51.1 Å². The maximum absolute atomic E-state index is 9.82. The fraction of sp³-hybridized carbons (Fsp3) is 0.250. The number of rotatable bonds is 5. The molecule has 0 unspecified atom stereocenters. The molecule has 154 valence electrons. The van der Waals surface area contributed by atoms with Gasteiger partial charge in [0.1, 0.15) is 5.75 Å². The summed E-state index contributed by atoms with van der Waals surface area (Å²) in [7, 11) is 0. The van der Waals surface area contributed by atoms with E-state index in [0.717, 1.165) is 32.6 Å². The second kappa shape index (κ2) is 9.31. The van der Waals surface area contributed by atoms with Gasteiger partial charge in [-0.2, -0.15) is 0 Å². The standard InChI is InChI=1S/C24H26N4O2/c1-2-19-10-12-21(13-11-19)30-24-22(9-6-14-25-24)23(26-29)28-17-15-27(16-18-28)20-7-4-3-5-8-20/h3-14,29H,2,15-18H2,1H3/b26-23-. The molecule has 0 spiro atoms. The minimum Gasteiger partial charge on any atom is -0.438 e. The van der Waals surface area contributed by atoms with Crippen LogP contribution in [0.25, 0.3) is 0 Å². The van der Waals surface area contributed by atoms with Crippen LogP contribution in [0.2, 0.25) is 0 Å². The van der Waals surface area contributed by atoms with E-state index in [-0.39, 0.29) is 0 Å². The first kappa shape index (κ1) is 19.8. The van der Waals surface area contributed by atoms with Crippen molar-refractivity contribution in [1.29, 1.82) is 0 Å². The Balaban J connectivity index is 1.50. The Labute approximate surface area is 177 Å². The molecule has 3 aromatic rings. The van der Waals surface area contributed by atoms with Crippen LogP contribution in [0.15, 0.2) is 78.1 Å². The van der Waals surface area contributed by atoms with Crippen molar-refractivity contribution in [3.63, 3.8) is 0 Å². The van der Waals surface area contributed by atoms with Crippen LogP contribution in [-0.4, -0.2) is 47.1 Å². The number of benzene rings is 2. The summed E-state index contributed by atoms with van der Waals surface area (Å²) < 4.78 is 6.03. The molecule has 1 N–H and O–H groups in total. The monoisotopic (exact) mass is 402 g/mol. The molecule has 6 heteroatoms. The van der Waals surface area contributed by atoms with Crippen LogP contribution < -0.4 is 9.64 Å². The summed E-state index contributed by atoms with van der Waals surface area (Å²) in [5.41, 5.74) is 3.13. The average Bonchev–Trinajstić information content (AvgIpc) is 2.82. The number of aryl methyl sites for hydroxylation is 1. The van der Waals surface area contributed by atoms with Crippen LogP contribution >= 0.6 is 0 Å². The Morgan fingerprint density at radius 1 is 0.967 bits per heavy atom. The van der Waals surface area contributed by atoms with Crippen molar-refractivity contribution in [2.45, 2.75) is 13.3 Å². The molecule has 2 aromatic carbocycles. The number of piperazine rings is 1. The molecule has 0 amide bonds. The van der Waals surface area contributed by atoms with E-state index in [9.17, 15) is 5.21 Å². The maximum atomic E-state index is 9.82. The van der Waals surface area contributed by atoms with Crippen LogP contribution in [0, 0.1) is 0 Å². The summed E-state index contributed by atoms with van der Waals surface area (Å²) in [5.74, 6) is 1.62. The zero-order chi connectivity index (χ0) is 20.8. The van der Waals surface area contributed by atoms with Crippen LogP contribution in [0.1, 0.15) is 18.1 Å². The molecule has 1 aromatic heterocycles. The molecule has 1 aliphatic rings. The predicted octanol–water partition coefficient (Wildman–Crippen LogP) is 4.39. The van der Waals surface area contributed by atoms with Gasteiger partial charge < -0.3 is 19.7 Å². The lowest BCUT2D eigenvalue weighted by Gasteiger charge is -2.37. The topological polar surface area (TPSA) is 61.2 Å². The van der Waals surface area contributed by atoms with E-state index >= 15 is 0 Å². The molecule has 4 rings (SSSR count). The summed E-state index contributed by atoms with van der Waals surface area (Å²) in [5, 5.41) is 13.4. The number of oxime groups is 1. The number of ether oxygens (including phenoxy) is 1. The first-order valence-electron chi connectivity index (χ1n) is 10.3. The number of amidine groups is 1. The van der Waals surface area contributed by atoms with Gasteiger partial charge in [0.05, 0.1) is 5.56 Å². The van der Waals surface area contributed by atoms with E-state index in [0.29, 0.717) is 23.0 Å². The first-order valence-corrected chi connectivity index (χ1v) is 10.3. The third-order valence-corrected chi connectivity index (χ3v) is 5.35. The molecule has 0 bridgehead atoms. The second-order valence-corrected chi connectivity index (χ2v) is 7.19. The number of pyridine rings is 1. The molecular formula is C24H26N4O2. The highest BCUT2D eigenvalue weighted by molar-refractivity contribution is 6.00. The zero-order valence-electron chi connectivity index (χ0n) is 17.1. The molecule has 2 heterocycles. The van der Waals surface area contributed by atoms with Crippen molar-refractivity contribution in [2.75, 3.05) is 31.1 Å². The van der Waals surface area contributed by atoms with Gasteiger partial charge in [-0.05, 0) is 48.4 Å². The summed E-state index contributed by atoms with van der Waals surface area (Å²) in [6, 6.07) is 22.0. The lowest BCUT2D eigenvalue weighted by atomic mass is 10.1. The number of hydrogen-bond acceptors (Lipinski definition) is 5. The third kappa shape index (κ3) is 4.38. The molecule has 0 atom stereocenters. The number of para-hydroxylation sites is 1. The van der Waals surface area contributed by atoms with E-state index in [1.54, 1.807) is 6.20 Å². The largest absolute Gasteiger partial charge is 0.438 e. The predicted molar refractivity (Wildman–Crippen MR) is 119 cm³/mol.